The van der Waals surface area contributed by atoms with Gasteiger partial charge in [0.1, 0.15) is 17.2 Å². The number of nitrogens with one attached hydrogen (secondary N) is 2. The highest BCUT2D eigenvalue weighted by Crippen LogP contribution is 2.35. The first-order valence-electron chi connectivity index (χ1n) is 9.33. The summed E-state index contributed by atoms with van der Waals surface area (Å²) in [6, 6.07) is 14.2. The minimum atomic E-state index is -0.895. The van der Waals surface area contributed by atoms with E-state index in [0.29, 0.717) is 10.2 Å². The number of fused-ring (bicyclic) bond motifs is 1. The van der Waals surface area contributed by atoms with Crippen molar-refractivity contribution < 1.29 is 14.0 Å². The highest BCUT2D eigenvalue weighted by atomic mass is 32.1. The standard InChI is InChI=1S/C22H17FN4O3S/c1-13-18(14-7-3-2-4-8-14)19-20(31-13)24-12-27(21(19)29)11-17(28)26-22(30)25-16-10-6-5-9-15(16)23/h2-10,12H,11H2,1H3,(H2,25,26,28,30). The van der Waals surface area contributed by atoms with Gasteiger partial charge in [-0.05, 0) is 24.6 Å². The summed E-state index contributed by atoms with van der Waals surface area (Å²) in [6.45, 7) is 1.51. The van der Waals surface area contributed by atoms with Crippen LogP contribution in [0.5, 0.6) is 0 Å². The predicted octanol–water partition coefficient (Wildman–Crippen LogP) is 3.92. The van der Waals surface area contributed by atoms with E-state index in [-0.39, 0.29) is 11.2 Å². The number of rotatable bonds is 4. The number of para-hydroxylation sites is 1. The zero-order valence-corrected chi connectivity index (χ0v) is 17.2. The maximum absolute atomic E-state index is 13.6. The molecule has 2 N–H and O–H groups in total. The summed E-state index contributed by atoms with van der Waals surface area (Å²) in [4.78, 5) is 43.2. The highest BCUT2D eigenvalue weighted by molar-refractivity contribution is 7.19. The first-order valence-corrected chi connectivity index (χ1v) is 10.1. The minimum Gasteiger partial charge on any atom is -0.305 e. The molecule has 0 atom stereocenters. The van der Waals surface area contributed by atoms with Crippen molar-refractivity contribution in [2.45, 2.75) is 13.5 Å². The zero-order chi connectivity index (χ0) is 22.0. The van der Waals surface area contributed by atoms with E-state index >= 15 is 0 Å². The van der Waals surface area contributed by atoms with Crippen LogP contribution in [0, 0.1) is 12.7 Å². The lowest BCUT2D eigenvalue weighted by molar-refractivity contribution is -0.120. The lowest BCUT2D eigenvalue weighted by atomic mass is 10.0. The van der Waals surface area contributed by atoms with Crippen LogP contribution in [0.25, 0.3) is 21.3 Å². The average molecular weight is 436 g/mol. The van der Waals surface area contributed by atoms with E-state index in [2.05, 4.69) is 15.6 Å². The van der Waals surface area contributed by atoms with E-state index < -0.39 is 24.3 Å². The molecule has 0 radical (unpaired) electrons. The van der Waals surface area contributed by atoms with Crippen LogP contribution in [0.15, 0.2) is 65.7 Å². The number of urea groups is 1. The van der Waals surface area contributed by atoms with Crippen LogP contribution in [-0.2, 0) is 11.3 Å². The van der Waals surface area contributed by atoms with Crippen molar-refractivity contribution in [2.75, 3.05) is 5.32 Å². The number of hydrogen-bond acceptors (Lipinski definition) is 5. The Morgan fingerprint density at radius 1 is 1.10 bits per heavy atom. The van der Waals surface area contributed by atoms with Crippen LogP contribution >= 0.6 is 11.3 Å². The Kier molecular flexibility index (Phi) is 5.59. The highest BCUT2D eigenvalue weighted by Gasteiger charge is 2.18. The topological polar surface area (TPSA) is 93.1 Å². The monoisotopic (exact) mass is 436 g/mol. The molecule has 0 saturated carbocycles. The van der Waals surface area contributed by atoms with Gasteiger partial charge in [0.15, 0.2) is 0 Å². The molecular formula is C22H17FN4O3S. The van der Waals surface area contributed by atoms with Crippen LogP contribution in [-0.4, -0.2) is 21.5 Å². The molecule has 0 saturated heterocycles. The molecule has 0 spiro atoms. The Labute approximate surface area is 180 Å². The number of nitrogens with zero attached hydrogens (tertiary/aromatic N) is 2. The summed E-state index contributed by atoms with van der Waals surface area (Å²) in [5.74, 6) is -1.36. The van der Waals surface area contributed by atoms with Gasteiger partial charge in [0, 0.05) is 10.4 Å². The number of aryl methyl sites for hydroxylation is 1. The van der Waals surface area contributed by atoms with Crippen LogP contribution in [0.2, 0.25) is 0 Å². The summed E-state index contributed by atoms with van der Waals surface area (Å²) in [5, 5.41) is 4.78. The van der Waals surface area contributed by atoms with E-state index in [0.717, 1.165) is 20.6 Å². The van der Waals surface area contributed by atoms with E-state index in [4.69, 9.17) is 0 Å². The molecule has 0 aliphatic heterocycles. The normalized spacial score (nSPS) is 10.8. The number of aromatic nitrogens is 2. The average Bonchev–Trinajstić information content (AvgIpc) is 3.09. The van der Waals surface area contributed by atoms with E-state index in [1.165, 1.54) is 35.9 Å². The molecule has 0 aliphatic carbocycles. The lowest BCUT2D eigenvalue weighted by Crippen LogP contribution is -2.38. The molecule has 9 heteroatoms. The predicted molar refractivity (Wildman–Crippen MR) is 118 cm³/mol. The van der Waals surface area contributed by atoms with Crippen LogP contribution in [0.3, 0.4) is 0 Å². The van der Waals surface area contributed by atoms with Crippen molar-refractivity contribution in [3.63, 3.8) is 0 Å². The second kappa shape index (κ2) is 8.49. The number of carbonyl (C=O) groups excluding carboxylic acids is 2. The van der Waals surface area contributed by atoms with Gasteiger partial charge < -0.3 is 5.32 Å². The fourth-order valence-electron chi connectivity index (χ4n) is 3.24. The van der Waals surface area contributed by atoms with Crippen molar-refractivity contribution >= 4 is 39.2 Å². The Morgan fingerprint density at radius 3 is 2.55 bits per heavy atom. The van der Waals surface area contributed by atoms with Gasteiger partial charge in [-0.1, -0.05) is 42.5 Å². The van der Waals surface area contributed by atoms with Crippen molar-refractivity contribution in [3.05, 3.63) is 82.0 Å². The van der Waals surface area contributed by atoms with Crippen LogP contribution < -0.4 is 16.2 Å². The van der Waals surface area contributed by atoms with E-state index in [9.17, 15) is 18.8 Å². The third-order valence-corrected chi connectivity index (χ3v) is 5.62. The second-order valence-corrected chi connectivity index (χ2v) is 7.94. The van der Waals surface area contributed by atoms with Crippen molar-refractivity contribution in [2.24, 2.45) is 0 Å². The molecule has 3 amide bonds. The summed E-state index contributed by atoms with van der Waals surface area (Å²) < 4.78 is 14.8. The van der Waals surface area contributed by atoms with Gasteiger partial charge in [-0.2, -0.15) is 0 Å². The van der Waals surface area contributed by atoms with Crippen LogP contribution in [0.4, 0.5) is 14.9 Å². The molecule has 0 unspecified atom stereocenters. The molecule has 156 valence electrons. The zero-order valence-electron chi connectivity index (χ0n) is 16.4. The molecule has 4 rings (SSSR count). The van der Waals surface area contributed by atoms with Crippen molar-refractivity contribution in [3.8, 4) is 11.1 Å². The Bertz CT molecular complexity index is 1350. The number of amides is 3. The third-order valence-electron chi connectivity index (χ3n) is 4.61. The first-order chi connectivity index (χ1) is 14.9. The number of carbonyl (C=O) groups is 2. The maximum atomic E-state index is 13.6. The van der Waals surface area contributed by atoms with Gasteiger partial charge in [-0.25, -0.2) is 14.2 Å². The number of halogens is 1. The molecule has 4 aromatic rings. The number of hydrogen-bond donors (Lipinski definition) is 2. The summed E-state index contributed by atoms with van der Waals surface area (Å²) in [6.07, 6.45) is 1.28. The van der Waals surface area contributed by atoms with E-state index in [1.807, 2.05) is 37.3 Å². The lowest BCUT2D eigenvalue weighted by Gasteiger charge is -2.09. The first kappa shape index (κ1) is 20.4. The second-order valence-electron chi connectivity index (χ2n) is 6.74. The SMILES string of the molecule is Cc1sc2ncn(CC(=O)NC(=O)Nc3ccccc3F)c(=O)c2c1-c1ccccc1. The number of benzene rings is 2. The molecule has 2 aromatic heterocycles. The van der Waals surface area contributed by atoms with Gasteiger partial charge >= 0.3 is 6.03 Å². The fraction of sp³-hybridized carbons (Fsp3) is 0.0909. The molecular weight excluding hydrogens is 419 g/mol. The molecule has 0 fully saturated rings. The molecule has 2 heterocycles. The van der Waals surface area contributed by atoms with Gasteiger partial charge in [-0.15, -0.1) is 11.3 Å². The number of thiophene rings is 1. The smallest absolute Gasteiger partial charge is 0.305 e. The number of imide groups is 1. The van der Waals surface area contributed by atoms with Gasteiger partial charge in [0.2, 0.25) is 5.91 Å². The third kappa shape index (κ3) is 4.22. The Hall–Kier alpha value is -3.85. The quantitative estimate of drug-likeness (QED) is 0.507. The summed E-state index contributed by atoms with van der Waals surface area (Å²) in [7, 11) is 0. The molecule has 0 bridgehead atoms. The van der Waals surface area contributed by atoms with Crippen molar-refractivity contribution in [1.82, 2.24) is 14.9 Å². The van der Waals surface area contributed by atoms with E-state index in [1.54, 1.807) is 6.07 Å². The Balaban J connectivity index is 1.57. The van der Waals surface area contributed by atoms with Gasteiger partial charge in [-0.3, -0.25) is 19.5 Å². The molecule has 31 heavy (non-hydrogen) atoms. The Morgan fingerprint density at radius 2 is 1.81 bits per heavy atom. The van der Waals surface area contributed by atoms with Gasteiger partial charge in [0.25, 0.3) is 5.56 Å². The molecule has 0 aliphatic rings. The maximum Gasteiger partial charge on any atom is 0.326 e. The summed E-state index contributed by atoms with van der Waals surface area (Å²) >= 11 is 1.40. The number of anilines is 1. The van der Waals surface area contributed by atoms with Crippen molar-refractivity contribution in [1.29, 1.82) is 0 Å². The summed E-state index contributed by atoms with van der Waals surface area (Å²) in [5.41, 5.74) is 1.23. The fourth-order valence-corrected chi connectivity index (χ4v) is 4.24. The van der Waals surface area contributed by atoms with Crippen LogP contribution in [0.1, 0.15) is 4.88 Å². The van der Waals surface area contributed by atoms with Gasteiger partial charge in [0.05, 0.1) is 17.4 Å². The minimum absolute atomic E-state index is 0.0608. The molecule has 2 aromatic carbocycles. The molecule has 7 nitrogen and oxygen atoms in total. The largest absolute Gasteiger partial charge is 0.326 e.